The maximum atomic E-state index is 14.1. The Morgan fingerprint density at radius 3 is 2.49 bits per heavy atom. The van der Waals surface area contributed by atoms with Gasteiger partial charge in [0.2, 0.25) is 5.88 Å². The number of ether oxygens (including phenoxy) is 1. The molecule has 1 saturated carbocycles. The summed E-state index contributed by atoms with van der Waals surface area (Å²) in [6.07, 6.45) is -4.23. The molecule has 1 fully saturated rings. The molecule has 0 bridgehead atoms. The molecule has 37 heavy (non-hydrogen) atoms. The van der Waals surface area contributed by atoms with E-state index in [1.807, 2.05) is 0 Å². The average molecular weight is 528 g/mol. The SMILES string of the molecule is Cc1cc(OCc2c(F)ccc(F)c2F)n2nc(C3CC3)c(C(=O)NCC(C)(N)CCC(F)(F)F)c2c1. The van der Waals surface area contributed by atoms with Gasteiger partial charge >= 0.3 is 6.18 Å². The van der Waals surface area contributed by atoms with Crippen molar-refractivity contribution in [1.82, 2.24) is 14.9 Å². The summed E-state index contributed by atoms with van der Waals surface area (Å²) in [5, 5.41) is 7.14. The first-order valence-corrected chi connectivity index (χ1v) is 11.7. The highest BCUT2D eigenvalue weighted by molar-refractivity contribution is 6.02. The van der Waals surface area contributed by atoms with E-state index in [9.17, 15) is 31.1 Å². The summed E-state index contributed by atoms with van der Waals surface area (Å²) in [5.41, 5.74) is 5.80. The van der Waals surface area contributed by atoms with Crippen molar-refractivity contribution in [1.29, 1.82) is 0 Å². The minimum Gasteiger partial charge on any atom is -0.473 e. The molecule has 200 valence electrons. The largest absolute Gasteiger partial charge is 0.473 e. The van der Waals surface area contributed by atoms with E-state index in [-0.39, 0.29) is 30.3 Å². The van der Waals surface area contributed by atoms with Crippen LogP contribution in [0.4, 0.5) is 26.3 Å². The lowest BCUT2D eigenvalue weighted by Crippen LogP contribution is -2.48. The highest BCUT2D eigenvalue weighted by atomic mass is 19.4. The number of pyridine rings is 1. The van der Waals surface area contributed by atoms with Gasteiger partial charge in [0.25, 0.3) is 5.91 Å². The van der Waals surface area contributed by atoms with Gasteiger partial charge < -0.3 is 15.8 Å². The van der Waals surface area contributed by atoms with Gasteiger partial charge in [-0.3, -0.25) is 4.79 Å². The fourth-order valence-electron chi connectivity index (χ4n) is 3.98. The standard InChI is InChI=1S/C25H26F6N4O2/c1-13-9-18-20(23(36)33-12-24(2,32)7-8-25(29,30)31)22(14-3-4-14)34-35(18)19(10-13)37-11-15-16(26)5-6-17(27)21(15)28/h5-6,9-10,14H,3-4,7-8,11-12,32H2,1-2H3,(H,33,36). The Balaban J connectivity index is 1.62. The Hall–Kier alpha value is -3.28. The first kappa shape index (κ1) is 26.8. The zero-order chi connectivity index (χ0) is 27.1. The molecule has 2 heterocycles. The number of aromatic nitrogens is 2. The van der Waals surface area contributed by atoms with E-state index in [1.54, 1.807) is 19.1 Å². The third-order valence-corrected chi connectivity index (χ3v) is 6.20. The van der Waals surface area contributed by atoms with E-state index in [1.165, 1.54) is 11.4 Å². The monoisotopic (exact) mass is 528 g/mol. The summed E-state index contributed by atoms with van der Waals surface area (Å²) in [7, 11) is 0. The van der Waals surface area contributed by atoms with Gasteiger partial charge in [0.05, 0.1) is 22.3 Å². The molecule has 1 unspecified atom stereocenters. The predicted octanol–water partition coefficient (Wildman–Crippen LogP) is 5.31. The fourth-order valence-corrected chi connectivity index (χ4v) is 3.98. The molecule has 1 amide bonds. The molecule has 4 rings (SSSR count). The van der Waals surface area contributed by atoms with Gasteiger partial charge in [-0.05, 0) is 56.9 Å². The topological polar surface area (TPSA) is 81.7 Å². The summed E-state index contributed by atoms with van der Waals surface area (Å²) in [4.78, 5) is 13.2. The summed E-state index contributed by atoms with van der Waals surface area (Å²) in [6, 6.07) is 4.70. The molecule has 0 radical (unpaired) electrons. The fraction of sp³-hybridized carbons (Fsp3) is 0.440. The number of carbonyl (C=O) groups is 1. The van der Waals surface area contributed by atoms with Crippen LogP contribution in [0.1, 0.15) is 65.7 Å². The number of hydrogen-bond acceptors (Lipinski definition) is 4. The molecule has 1 aromatic carbocycles. The minimum absolute atomic E-state index is 0.00130. The number of aryl methyl sites for hydroxylation is 1. The molecule has 0 saturated heterocycles. The lowest BCUT2D eigenvalue weighted by Gasteiger charge is -2.25. The van der Waals surface area contributed by atoms with Crippen LogP contribution in [-0.4, -0.2) is 33.8 Å². The molecule has 2 aromatic heterocycles. The molecule has 1 aliphatic rings. The van der Waals surface area contributed by atoms with Crippen LogP contribution in [-0.2, 0) is 6.61 Å². The van der Waals surface area contributed by atoms with Crippen LogP contribution in [0, 0.1) is 24.4 Å². The second kappa shape index (κ2) is 9.88. The van der Waals surface area contributed by atoms with E-state index < -0.39 is 53.7 Å². The summed E-state index contributed by atoms with van der Waals surface area (Å²) in [6.45, 7) is 2.32. The summed E-state index contributed by atoms with van der Waals surface area (Å²) < 4.78 is 86.6. The molecular formula is C25H26F6N4O2. The molecule has 6 nitrogen and oxygen atoms in total. The van der Waals surface area contributed by atoms with Crippen molar-refractivity contribution in [2.75, 3.05) is 6.54 Å². The number of alkyl halides is 3. The van der Waals surface area contributed by atoms with Gasteiger partial charge in [-0.1, -0.05) is 0 Å². The zero-order valence-electron chi connectivity index (χ0n) is 20.2. The van der Waals surface area contributed by atoms with Crippen LogP contribution in [0.25, 0.3) is 5.52 Å². The normalized spacial score (nSPS) is 15.6. The average Bonchev–Trinajstić information content (AvgIpc) is 3.59. The summed E-state index contributed by atoms with van der Waals surface area (Å²) >= 11 is 0. The molecular weight excluding hydrogens is 502 g/mol. The Morgan fingerprint density at radius 1 is 1.16 bits per heavy atom. The van der Waals surface area contributed by atoms with E-state index in [0.717, 1.165) is 18.9 Å². The van der Waals surface area contributed by atoms with E-state index in [2.05, 4.69) is 10.4 Å². The smallest absolute Gasteiger partial charge is 0.389 e. The third kappa shape index (κ3) is 6.17. The van der Waals surface area contributed by atoms with Crippen LogP contribution in [0.5, 0.6) is 5.88 Å². The molecule has 1 aliphatic carbocycles. The maximum Gasteiger partial charge on any atom is 0.389 e. The van der Waals surface area contributed by atoms with Crippen molar-refractivity contribution in [3.05, 3.63) is 64.1 Å². The van der Waals surface area contributed by atoms with Gasteiger partial charge in [0, 0.05) is 30.5 Å². The van der Waals surface area contributed by atoms with Crippen molar-refractivity contribution < 1.29 is 35.9 Å². The number of rotatable bonds is 9. The molecule has 3 aromatic rings. The van der Waals surface area contributed by atoms with E-state index >= 15 is 0 Å². The Morgan fingerprint density at radius 2 is 1.84 bits per heavy atom. The number of nitrogens with zero attached hydrogens (tertiary/aromatic N) is 2. The zero-order valence-corrected chi connectivity index (χ0v) is 20.2. The number of hydrogen-bond donors (Lipinski definition) is 2. The second-order valence-corrected chi connectivity index (χ2v) is 9.76. The van der Waals surface area contributed by atoms with Crippen molar-refractivity contribution in [2.45, 2.75) is 63.8 Å². The maximum absolute atomic E-state index is 14.1. The molecule has 1 atom stereocenters. The van der Waals surface area contributed by atoms with Gasteiger partial charge in [-0.2, -0.15) is 22.8 Å². The van der Waals surface area contributed by atoms with Crippen molar-refractivity contribution >= 4 is 11.4 Å². The van der Waals surface area contributed by atoms with Crippen LogP contribution >= 0.6 is 0 Å². The van der Waals surface area contributed by atoms with Gasteiger partial charge in [0.1, 0.15) is 12.4 Å². The first-order chi connectivity index (χ1) is 17.3. The second-order valence-electron chi connectivity index (χ2n) is 9.76. The number of nitrogens with two attached hydrogens (primary N) is 1. The Labute approximate surface area is 208 Å². The Kier molecular flexibility index (Phi) is 7.15. The van der Waals surface area contributed by atoms with Crippen LogP contribution in [0.15, 0.2) is 24.3 Å². The first-order valence-electron chi connectivity index (χ1n) is 11.7. The van der Waals surface area contributed by atoms with Gasteiger partial charge in [-0.15, -0.1) is 0 Å². The third-order valence-electron chi connectivity index (χ3n) is 6.20. The predicted molar refractivity (Wildman–Crippen MR) is 123 cm³/mol. The van der Waals surface area contributed by atoms with Crippen molar-refractivity contribution in [2.24, 2.45) is 5.73 Å². The quantitative estimate of drug-likeness (QED) is 0.292. The van der Waals surface area contributed by atoms with E-state index in [0.29, 0.717) is 22.8 Å². The number of carbonyl (C=O) groups excluding carboxylic acids is 1. The highest BCUT2D eigenvalue weighted by Crippen LogP contribution is 2.42. The van der Waals surface area contributed by atoms with Crippen LogP contribution in [0.3, 0.4) is 0 Å². The number of nitrogens with one attached hydrogen (secondary N) is 1. The lowest BCUT2D eigenvalue weighted by atomic mass is 9.96. The van der Waals surface area contributed by atoms with Crippen LogP contribution in [0.2, 0.25) is 0 Å². The van der Waals surface area contributed by atoms with Gasteiger partial charge in [-0.25, -0.2) is 13.2 Å². The number of halogens is 6. The van der Waals surface area contributed by atoms with Gasteiger partial charge in [0.15, 0.2) is 11.6 Å². The lowest BCUT2D eigenvalue weighted by molar-refractivity contribution is -0.137. The molecule has 0 spiro atoms. The molecule has 12 heteroatoms. The number of benzene rings is 1. The number of amides is 1. The van der Waals surface area contributed by atoms with Crippen molar-refractivity contribution in [3.8, 4) is 5.88 Å². The molecule has 0 aliphatic heterocycles. The molecule has 3 N–H and O–H groups in total. The minimum atomic E-state index is -4.36. The van der Waals surface area contributed by atoms with Crippen molar-refractivity contribution in [3.63, 3.8) is 0 Å². The van der Waals surface area contributed by atoms with E-state index in [4.69, 9.17) is 10.5 Å². The van der Waals surface area contributed by atoms with Crippen LogP contribution < -0.4 is 15.8 Å². The summed E-state index contributed by atoms with van der Waals surface area (Å²) in [5.74, 6) is -4.03. The Bertz CT molecular complexity index is 1330. The highest BCUT2D eigenvalue weighted by Gasteiger charge is 2.35. The number of fused-ring (bicyclic) bond motifs is 1.